The molecule has 0 aromatic carbocycles. The molecule has 2 bridgehead atoms. The zero-order chi connectivity index (χ0) is 18.5. The van der Waals surface area contributed by atoms with Crippen LogP contribution in [0.5, 0.6) is 0 Å². The second-order valence-corrected chi connectivity index (χ2v) is 8.46. The Hall–Kier alpha value is -0.491. The van der Waals surface area contributed by atoms with Crippen molar-refractivity contribution in [3.8, 4) is 0 Å². The van der Waals surface area contributed by atoms with E-state index >= 15 is 0 Å². The summed E-state index contributed by atoms with van der Waals surface area (Å²) in [4.78, 5) is 4.87. The van der Waals surface area contributed by atoms with Crippen molar-refractivity contribution in [3.63, 3.8) is 0 Å². The molecule has 1 aromatic rings. The molecule has 0 unspecified atom stereocenters. The van der Waals surface area contributed by atoms with E-state index in [1.54, 1.807) is 0 Å². The third-order valence-corrected chi connectivity index (χ3v) is 6.27. The van der Waals surface area contributed by atoms with Crippen LogP contribution >= 0.6 is 0 Å². The first-order valence-corrected chi connectivity index (χ1v) is 10.9. The van der Waals surface area contributed by atoms with Crippen molar-refractivity contribution >= 4 is 0 Å². The van der Waals surface area contributed by atoms with E-state index in [0.717, 1.165) is 24.5 Å². The van der Waals surface area contributed by atoms with Gasteiger partial charge in [-0.15, -0.1) is 13.1 Å². The van der Waals surface area contributed by atoms with Gasteiger partial charge < -0.3 is 36.1 Å². The molecule has 2 saturated carbocycles. The number of aryl methyl sites for hydroxylation is 1. The van der Waals surface area contributed by atoms with Crippen LogP contribution in [0.3, 0.4) is 0 Å². The van der Waals surface area contributed by atoms with Gasteiger partial charge in [-0.1, -0.05) is 51.4 Å². The van der Waals surface area contributed by atoms with Gasteiger partial charge in [0.2, 0.25) is 0 Å². The van der Waals surface area contributed by atoms with Gasteiger partial charge in [0.05, 0.1) is 0 Å². The molecule has 2 heterocycles. The molecule has 0 spiro atoms. The van der Waals surface area contributed by atoms with E-state index in [0.29, 0.717) is 37.3 Å². The Morgan fingerprint density at radius 1 is 0.667 bits per heavy atom. The average Bonchev–Trinajstić information content (AvgIpc) is 2.69. The summed E-state index contributed by atoms with van der Waals surface area (Å²) in [6.07, 6.45) is 9.83. The van der Waals surface area contributed by atoms with Crippen LogP contribution in [-0.2, 0) is 30.2 Å². The van der Waals surface area contributed by atoms with Crippen LogP contribution in [0.1, 0.15) is 68.3 Å². The summed E-state index contributed by atoms with van der Waals surface area (Å²) in [6, 6.07) is 5.85. The van der Waals surface area contributed by atoms with Crippen LogP contribution in [0, 0.1) is 21.8 Å². The Kier molecular flexibility index (Phi) is 12.7. The van der Waals surface area contributed by atoms with E-state index < -0.39 is 0 Å². The van der Waals surface area contributed by atoms with Crippen LogP contribution in [-0.4, -0.2) is 42.2 Å². The molecule has 5 nitrogen and oxygen atoms in total. The third kappa shape index (κ3) is 7.58. The second-order valence-electron chi connectivity index (χ2n) is 8.46. The van der Waals surface area contributed by atoms with E-state index in [2.05, 4.69) is 19.1 Å². The second kappa shape index (κ2) is 13.8. The SMILES string of the molecule is Cc1cc2nc(c1)C[N-][C@@H]1CCCC[C@H]1[N-]CC[N-][C@@H]1CCCC[C@H]1[N-]C2.[CH3-].[CH3-].[Mn]. The van der Waals surface area contributed by atoms with Crippen LogP contribution in [0.15, 0.2) is 12.1 Å². The number of aromatic nitrogens is 1. The van der Waals surface area contributed by atoms with Gasteiger partial charge in [0, 0.05) is 28.5 Å². The number of rotatable bonds is 0. The molecule has 30 heavy (non-hydrogen) atoms. The molecule has 4 atom stereocenters. The maximum absolute atomic E-state index is 5.03. The molecular formula is C24H39MnN5-6. The van der Waals surface area contributed by atoms with Crippen LogP contribution < -0.4 is 0 Å². The van der Waals surface area contributed by atoms with Crippen molar-refractivity contribution in [3.05, 3.63) is 65.2 Å². The first-order chi connectivity index (χ1) is 13.3. The Bertz CT molecular complexity index is 563. The fourth-order valence-corrected chi connectivity index (χ4v) is 4.88. The van der Waals surface area contributed by atoms with Crippen molar-refractivity contribution in [2.45, 2.75) is 95.5 Å². The first-order valence-electron chi connectivity index (χ1n) is 10.9. The molecule has 3 aliphatic rings. The average molecular weight is 453 g/mol. The van der Waals surface area contributed by atoms with Crippen LogP contribution in [0.4, 0.5) is 0 Å². The van der Waals surface area contributed by atoms with Gasteiger partial charge >= 0.3 is 0 Å². The largest absolute Gasteiger partial charge is 0.662 e. The summed E-state index contributed by atoms with van der Waals surface area (Å²) < 4.78 is 0. The molecule has 1 aromatic heterocycles. The minimum atomic E-state index is 0. The summed E-state index contributed by atoms with van der Waals surface area (Å²) in [5, 5.41) is 20.1. The molecule has 1 radical (unpaired) electrons. The number of pyridine rings is 1. The van der Waals surface area contributed by atoms with E-state index in [9.17, 15) is 0 Å². The number of fused-ring (bicyclic) bond motifs is 4. The Labute approximate surface area is 195 Å². The number of hydrogen-bond donors (Lipinski definition) is 0. The molecule has 2 fully saturated rings. The quantitative estimate of drug-likeness (QED) is 0.331. The zero-order valence-electron chi connectivity index (χ0n) is 19.1. The van der Waals surface area contributed by atoms with Gasteiger partial charge in [-0.25, -0.2) is 0 Å². The fraction of sp³-hybridized carbons (Fsp3) is 0.708. The van der Waals surface area contributed by atoms with Gasteiger partial charge in [-0.05, 0) is 24.6 Å². The van der Waals surface area contributed by atoms with Gasteiger partial charge in [-0.3, -0.25) is 4.98 Å². The van der Waals surface area contributed by atoms with Crippen LogP contribution in [0.25, 0.3) is 21.3 Å². The van der Waals surface area contributed by atoms with E-state index in [4.69, 9.17) is 26.3 Å². The Balaban J connectivity index is 0.00000150. The van der Waals surface area contributed by atoms with Gasteiger partial charge in [0.1, 0.15) is 0 Å². The van der Waals surface area contributed by atoms with Crippen molar-refractivity contribution < 1.29 is 17.1 Å². The standard InChI is InChI=1S/C22H33N5.2CH3.Mn/c1-16-12-17-14-25-21-8-4-2-6-19(21)23-10-11-24-20-7-3-5-9-22(20)26-15-18(13-16)27-17;;;/h12-13,19-22H,2-11,14-15H2,1H3;2*1H3;/q-4;2*-1;/t19-,20-,21-,22-;;;/m1.../s1. The first kappa shape index (κ1) is 27.5. The molecule has 0 N–H and O–H groups in total. The topological polar surface area (TPSA) is 69.3 Å². The van der Waals surface area contributed by atoms with E-state index in [1.807, 2.05) is 0 Å². The molecular weight excluding hydrogens is 413 g/mol. The summed E-state index contributed by atoms with van der Waals surface area (Å²) in [5.41, 5.74) is 3.44. The molecule has 2 aliphatic carbocycles. The molecule has 173 valence electrons. The molecule has 0 saturated heterocycles. The summed E-state index contributed by atoms with van der Waals surface area (Å²) in [6.45, 7) is 5.28. The number of hydrogen-bond acceptors (Lipinski definition) is 1. The monoisotopic (exact) mass is 452 g/mol. The summed E-state index contributed by atoms with van der Waals surface area (Å²) in [5.74, 6) is 0. The van der Waals surface area contributed by atoms with E-state index in [1.165, 1.54) is 56.9 Å². The van der Waals surface area contributed by atoms with Crippen LogP contribution in [0.2, 0.25) is 0 Å². The molecule has 0 amide bonds. The smallest absolute Gasteiger partial charge is 0.0203 e. The maximum Gasteiger partial charge on any atom is 0.0203 e. The predicted octanol–water partition coefficient (Wildman–Crippen LogP) is 6.42. The third-order valence-electron chi connectivity index (χ3n) is 6.27. The van der Waals surface area contributed by atoms with E-state index in [-0.39, 0.29) is 31.9 Å². The molecule has 6 heteroatoms. The predicted molar refractivity (Wildman–Crippen MR) is 124 cm³/mol. The zero-order valence-corrected chi connectivity index (χ0v) is 20.2. The van der Waals surface area contributed by atoms with Crippen molar-refractivity contribution in [2.75, 3.05) is 13.1 Å². The van der Waals surface area contributed by atoms with Crippen molar-refractivity contribution in [1.82, 2.24) is 4.98 Å². The molecule has 1 aliphatic heterocycles. The van der Waals surface area contributed by atoms with Gasteiger partial charge in [0.15, 0.2) is 0 Å². The Morgan fingerprint density at radius 3 is 1.43 bits per heavy atom. The van der Waals surface area contributed by atoms with Gasteiger partial charge in [-0.2, -0.15) is 37.3 Å². The number of nitrogens with zero attached hydrogens (tertiary/aromatic N) is 5. The maximum atomic E-state index is 5.03. The summed E-state index contributed by atoms with van der Waals surface area (Å²) >= 11 is 0. The van der Waals surface area contributed by atoms with Gasteiger partial charge in [0.25, 0.3) is 0 Å². The molecule has 4 rings (SSSR count). The Morgan fingerprint density at radius 2 is 1.03 bits per heavy atom. The summed E-state index contributed by atoms with van der Waals surface area (Å²) in [7, 11) is 0. The van der Waals surface area contributed by atoms with Crippen molar-refractivity contribution in [2.24, 2.45) is 0 Å². The fourth-order valence-electron chi connectivity index (χ4n) is 4.88. The van der Waals surface area contributed by atoms with Crippen molar-refractivity contribution in [1.29, 1.82) is 0 Å². The normalized spacial score (nSPS) is 29.9. The minimum absolute atomic E-state index is 0. The minimum Gasteiger partial charge on any atom is -0.662 e.